The third-order valence-electron chi connectivity index (χ3n) is 2.28. The molecule has 1 aromatic heterocycles. The standard InChI is InChI=1S/C9H13N3O/c1-9(3-4-9)12-7-5-8(13-2)11-6-10-7/h5-6H,3-4H2,1-2H3,(H,10,11,12). The van der Waals surface area contributed by atoms with Crippen LogP contribution >= 0.6 is 0 Å². The van der Waals surface area contributed by atoms with E-state index in [9.17, 15) is 0 Å². The first-order chi connectivity index (χ1) is 6.22. The molecule has 0 unspecified atom stereocenters. The summed E-state index contributed by atoms with van der Waals surface area (Å²) in [6.07, 6.45) is 3.92. The highest BCUT2D eigenvalue weighted by atomic mass is 16.5. The van der Waals surface area contributed by atoms with Crippen molar-refractivity contribution in [3.63, 3.8) is 0 Å². The van der Waals surface area contributed by atoms with E-state index in [4.69, 9.17) is 4.74 Å². The van der Waals surface area contributed by atoms with E-state index in [1.807, 2.05) is 6.07 Å². The molecule has 4 nitrogen and oxygen atoms in total. The summed E-state index contributed by atoms with van der Waals surface area (Å²) in [5.41, 5.74) is 0.249. The molecule has 2 rings (SSSR count). The monoisotopic (exact) mass is 179 g/mol. The molecule has 0 aliphatic heterocycles. The Labute approximate surface area is 77.4 Å². The molecular weight excluding hydrogens is 166 g/mol. The number of hydrogen-bond donors (Lipinski definition) is 1. The molecule has 1 aliphatic rings. The molecule has 0 saturated heterocycles. The second-order valence-electron chi connectivity index (χ2n) is 3.63. The van der Waals surface area contributed by atoms with Crippen molar-refractivity contribution in [3.05, 3.63) is 12.4 Å². The number of nitrogens with zero attached hydrogens (tertiary/aromatic N) is 2. The molecule has 70 valence electrons. The highest BCUT2D eigenvalue weighted by Gasteiger charge is 2.37. The van der Waals surface area contributed by atoms with E-state index in [1.165, 1.54) is 19.2 Å². The first-order valence-electron chi connectivity index (χ1n) is 4.36. The first-order valence-corrected chi connectivity index (χ1v) is 4.36. The van der Waals surface area contributed by atoms with Crippen molar-refractivity contribution in [2.75, 3.05) is 12.4 Å². The molecule has 1 fully saturated rings. The van der Waals surface area contributed by atoms with Crippen molar-refractivity contribution in [3.8, 4) is 5.88 Å². The molecule has 0 atom stereocenters. The maximum absolute atomic E-state index is 5.00. The molecule has 0 spiro atoms. The normalized spacial score (nSPS) is 18.0. The van der Waals surface area contributed by atoms with Gasteiger partial charge >= 0.3 is 0 Å². The predicted octanol–water partition coefficient (Wildman–Crippen LogP) is 1.45. The third-order valence-corrected chi connectivity index (χ3v) is 2.28. The van der Waals surface area contributed by atoms with Crippen molar-refractivity contribution in [1.29, 1.82) is 0 Å². The maximum atomic E-state index is 5.00. The van der Waals surface area contributed by atoms with Crippen molar-refractivity contribution >= 4 is 5.82 Å². The summed E-state index contributed by atoms with van der Waals surface area (Å²) < 4.78 is 5.00. The van der Waals surface area contributed by atoms with Crippen molar-refractivity contribution in [1.82, 2.24) is 9.97 Å². The van der Waals surface area contributed by atoms with Gasteiger partial charge < -0.3 is 10.1 Å². The molecule has 1 saturated carbocycles. The number of nitrogens with one attached hydrogen (secondary N) is 1. The predicted molar refractivity (Wildman–Crippen MR) is 49.8 cm³/mol. The number of ether oxygens (including phenoxy) is 1. The minimum Gasteiger partial charge on any atom is -0.481 e. The lowest BCUT2D eigenvalue weighted by molar-refractivity contribution is 0.397. The molecule has 0 aromatic carbocycles. The molecule has 1 aliphatic carbocycles. The highest BCUT2D eigenvalue weighted by Crippen LogP contribution is 2.37. The van der Waals surface area contributed by atoms with Crippen LogP contribution < -0.4 is 10.1 Å². The number of methoxy groups -OCH3 is 1. The summed E-state index contributed by atoms with van der Waals surface area (Å²) in [7, 11) is 1.60. The molecule has 1 heterocycles. The fraction of sp³-hybridized carbons (Fsp3) is 0.556. The molecule has 13 heavy (non-hydrogen) atoms. The van der Waals surface area contributed by atoms with E-state index in [0.29, 0.717) is 5.88 Å². The quantitative estimate of drug-likeness (QED) is 0.762. The van der Waals surface area contributed by atoms with Crippen LogP contribution in [0.1, 0.15) is 19.8 Å². The van der Waals surface area contributed by atoms with Gasteiger partial charge in [-0.3, -0.25) is 0 Å². The van der Waals surface area contributed by atoms with E-state index in [1.54, 1.807) is 7.11 Å². The highest BCUT2D eigenvalue weighted by molar-refractivity contribution is 5.41. The van der Waals surface area contributed by atoms with Crippen LogP contribution in [0, 0.1) is 0 Å². The van der Waals surface area contributed by atoms with Gasteiger partial charge in [-0.2, -0.15) is 0 Å². The summed E-state index contributed by atoms with van der Waals surface area (Å²) in [6, 6.07) is 1.81. The average molecular weight is 179 g/mol. The van der Waals surface area contributed by atoms with E-state index in [-0.39, 0.29) is 5.54 Å². The van der Waals surface area contributed by atoms with Gasteiger partial charge in [-0.05, 0) is 19.8 Å². The zero-order chi connectivity index (χ0) is 9.31. The van der Waals surface area contributed by atoms with Crippen LogP contribution in [0.25, 0.3) is 0 Å². The van der Waals surface area contributed by atoms with E-state index >= 15 is 0 Å². The lowest BCUT2D eigenvalue weighted by Gasteiger charge is -2.11. The molecular formula is C9H13N3O. The average Bonchev–Trinajstić information content (AvgIpc) is 2.84. The zero-order valence-corrected chi connectivity index (χ0v) is 7.87. The van der Waals surface area contributed by atoms with Gasteiger partial charge in [-0.15, -0.1) is 0 Å². The van der Waals surface area contributed by atoms with Crippen LogP contribution in [0.5, 0.6) is 5.88 Å². The van der Waals surface area contributed by atoms with Crippen LogP contribution in [-0.2, 0) is 0 Å². The van der Waals surface area contributed by atoms with Crippen molar-refractivity contribution in [2.24, 2.45) is 0 Å². The first kappa shape index (κ1) is 8.29. The molecule has 0 radical (unpaired) electrons. The van der Waals surface area contributed by atoms with Gasteiger partial charge in [0.05, 0.1) is 7.11 Å². The fourth-order valence-electron chi connectivity index (χ4n) is 1.14. The second kappa shape index (κ2) is 2.87. The lowest BCUT2D eigenvalue weighted by Crippen LogP contribution is -2.16. The van der Waals surface area contributed by atoms with Gasteiger partial charge in [0.15, 0.2) is 0 Å². The Balaban J connectivity index is 2.11. The minimum atomic E-state index is 0.249. The van der Waals surface area contributed by atoms with Crippen LogP contribution in [0.3, 0.4) is 0 Å². The van der Waals surface area contributed by atoms with E-state index < -0.39 is 0 Å². The SMILES string of the molecule is COc1cc(NC2(C)CC2)ncn1. The molecule has 0 amide bonds. The third kappa shape index (κ3) is 1.88. The number of rotatable bonds is 3. The fourth-order valence-corrected chi connectivity index (χ4v) is 1.14. The molecule has 4 heteroatoms. The van der Waals surface area contributed by atoms with Gasteiger partial charge in [-0.25, -0.2) is 9.97 Å². The summed E-state index contributed by atoms with van der Waals surface area (Å²) in [4.78, 5) is 8.05. The van der Waals surface area contributed by atoms with Crippen molar-refractivity contribution in [2.45, 2.75) is 25.3 Å². The summed E-state index contributed by atoms with van der Waals surface area (Å²) in [5, 5.41) is 3.34. The Morgan fingerprint density at radius 2 is 2.23 bits per heavy atom. The largest absolute Gasteiger partial charge is 0.481 e. The van der Waals surface area contributed by atoms with Gasteiger partial charge in [0.25, 0.3) is 0 Å². The number of aromatic nitrogens is 2. The summed E-state index contributed by atoms with van der Waals surface area (Å²) in [6.45, 7) is 2.18. The van der Waals surface area contributed by atoms with Gasteiger partial charge in [0.2, 0.25) is 5.88 Å². The molecule has 1 N–H and O–H groups in total. The van der Waals surface area contributed by atoms with Crippen LogP contribution in [0.15, 0.2) is 12.4 Å². The van der Waals surface area contributed by atoms with E-state index in [2.05, 4.69) is 22.2 Å². The summed E-state index contributed by atoms with van der Waals surface area (Å²) in [5.74, 6) is 1.44. The van der Waals surface area contributed by atoms with Gasteiger partial charge in [0.1, 0.15) is 12.1 Å². The Morgan fingerprint density at radius 3 is 2.85 bits per heavy atom. The lowest BCUT2D eigenvalue weighted by atomic mass is 10.3. The molecule has 0 bridgehead atoms. The topological polar surface area (TPSA) is 47.0 Å². The molecule has 1 aromatic rings. The Kier molecular flexibility index (Phi) is 1.83. The Morgan fingerprint density at radius 1 is 1.46 bits per heavy atom. The smallest absolute Gasteiger partial charge is 0.218 e. The zero-order valence-electron chi connectivity index (χ0n) is 7.87. The van der Waals surface area contributed by atoms with Gasteiger partial charge in [-0.1, -0.05) is 0 Å². The van der Waals surface area contributed by atoms with E-state index in [0.717, 1.165) is 5.82 Å². The van der Waals surface area contributed by atoms with Gasteiger partial charge in [0, 0.05) is 11.6 Å². The Hall–Kier alpha value is -1.32. The van der Waals surface area contributed by atoms with Crippen molar-refractivity contribution < 1.29 is 4.74 Å². The number of hydrogen-bond acceptors (Lipinski definition) is 4. The number of anilines is 1. The summed E-state index contributed by atoms with van der Waals surface area (Å²) >= 11 is 0. The minimum absolute atomic E-state index is 0.249. The van der Waals surface area contributed by atoms with Crippen LogP contribution in [-0.4, -0.2) is 22.6 Å². The maximum Gasteiger partial charge on any atom is 0.218 e. The Bertz CT molecular complexity index is 309. The van der Waals surface area contributed by atoms with Crippen LogP contribution in [0.4, 0.5) is 5.82 Å². The second-order valence-corrected chi connectivity index (χ2v) is 3.63. The van der Waals surface area contributed by atoms with Crippen LogP contribution in [0.2, 0.25) is 0 Å².